The fourth-order valence-electron chi connectivity index (χ4n) is 1.49. The summed E-state index contributed by atoms with van der Waals surface area (Å²) in [5, 5.41) is 0. The van der Waals surface area contributed by atoms with Crippen LogP contribution in [0.15, 0.2) is 48.5 Å². The maximum Gasteiger partial charge on any atom is 0.114 e. The lowest BCUT2D eigenvalue weighted by atomic mass is 9.87. The topological polar surface area (TPSA) is 0 Å². The van der Waals surface area contributed by atoms with E-state index in [4.69, 9.17) is 7.85 Å². The Hall–Kier alpha value is -1.50. The van der Waals surface area contributed by atoms with E-state index >= 15 is 0 Å². The van der Waals surface area contributed by atoms with Gasteiger partial charge < -0.3 is 0 Å². The fourth-order valence-corrected chi connectivity index (χ4v) is 1.49. The predicted molar refractivity (Wildman–Crippen MR) is 62.0 cm³/mol. The van der Waals surface area contributed by atoms with Crippen molar-refractivity contribution in [3.8, 4) is 11.1 Å². The molecular formula is C13H11B. The Morgan fingerprint density at radius 1 is 0.857 bits per heavy atom. The first kappa shape index (κ1) is 9.08. The van der Waals surface area contributed by atoms with Crippen molar-refractivity contribution in [3.63, 3.8) is 0 Å². The summed E-state index contributed by atoms with van der Waals surface area (Å²) in [4.78, 5) is 0. The first-order valence-corrected chi connectivity index (χ1v) is 4.69. The van der Waals surface area contributed by atoms with Crippen molar-refractivity contribution in [1.82, 2.24) is 0 Å². The second-order valence-corrected chi connectivity index (χ2v) is 3.45. The average Bonchev–Trinajstić information content (AvgIpc) is 2.20. The van der Waals surface area contributed by atoms with Gasteiger partial charge in [-0.25, -0.2) is 0 Å². The molecule has 0 atom stereocenters. The first-order valence-electron chi connectivity index (χ1n) is 4.69. The van der Waals surface area contributed by atoms with Crippen LogP contribution in [0, 0.1) is 6.92 Å². The number of hydrogen-bond acceptors (Lipinski definition) is 0. The third kappa shape index (κ3) is 1.72. The van der Waals surface area contributed by atoms with Gasteiger partial charge in [-0.2, -0.15) is 0 Å². The molecule has 66 valence electrons. The Labute approximate surface area is 86.0 Å². The van der Waals surface area contributed by atoms with E-state index in [0.717, 1.165) is 11.0 Å². The van der Waals surface area contributed by atoms with Crippen LogP contribution in [0.1, 0.15) is 5.56 Å². The molecule has 0 bridgehead atoms. The monoisotopic (exact) mass is 178 g/mol. The molecule has 0 unspecified atom stereocenters. The number of rotatable bonds is 1. The highest BCUT2D eigenvalue weighted by molar-refractivity contribution is 6.35. The Morgan fingerprint density at radius 2 is 1.50 bits per heavy atom. The van der Waals surface area contributed by atoms with Crippen LogP contribution in [-0.2, 0) is 0 Å². The second kappa shape index (κ2) is 3.71. The number of benzene rings is 2. The molecule has 0 nitrogen and oxygen atoms in total. The van der Waals surface area contributed by atoms with E-state index in [9.17, 15) is 0 Å². The van der Waals surface area contributed by atoms with Gasteiger partial charge in [0, 0.05) is 0 Å². The van der Waals surface area contributed by atoms with E-state index in [2.05, 4.69) is 31.2 Å². The molecule has 0 aliphatic heterocycles. The third-order valence-electron chi connectivity index (χ3n) is 2.32. The SMILES string of the molecule is [B]c1ccccc1-c1ccc(C)cc1. The maximum atomic E-state index is 5.89. The zero-order valence-electron chi connectivity index (χ0n) is 8.20. The van der Waals surface area contributed by atoms with Gasteiger partial charge in [-0.1, -0.05) is 59.6 Å². The van der Waals surface area contributed by atoms with Gasteiger partial charge in [0.05, 0.1) is 0 Å². The van der Waals surface area contributed by atoms with Crippen LogP contribution in [0.2, 0.25) is 0 Å². The standard InChI is InChI=1S/C13H11B/c1-10-6-8-11(9-7-10)12-4-2-3-5-13(12)14/h2-9H,1H3. The van der Waals surface area contributed by atoms with Crippen molar-refractivity contribution >= 4 is 13.3 Å². The van der Waals surface area contributed by atoms with Crippen molar-refractivity contribution in [1.29, 1.82) is 0 Å². The third-order valence-corrected chi connectivity index (χ3v) is 2.32. The molecule has 0 spiro atoms. The molecule has 0 aromatic heterocycles. The molecular weight excluding hydrogens is 167 g/mol. The van der Waals surface area contributed by atoms with E-state index in [1.54, 1.807) is 0 Å². The zero-order chi connectivity index (χ0) is 9.97. The normalized spacial score (nSPS) is 10.1. The van der Waals surface area contributed by atoms with Crippen LogP contribution in [0.5, 0.6) is 0 Å². The van der Waals surface area contributed by atoms with Gasteiger partial charge in [-0.15, -0.1) is 0 Å². The van der Waals surface area contributed by atoms with Crippen molar-refractivity contribution in [2.24, 2.45) is 0 Å². The molecule has 0 N–H and O–H groups in total. The maximum absolute atomic E-state index is 5.89. The lowest BCUT2D eigenvalue weighted by Gasteiger charge is -2.05. The molecule has 2 aromatic carbocycles. The first-order chi connectivity index (χ1) is 6.77. The van der Waals surface area contributed by atoms with Gasteiger partial charge in [0.15, 0.2) is 0 Å². The molecule has 1 heteroatoms. The Bertz CT molecular complexity index is 429. The van der Waals surface area contributed by atoms with Gasteiger partial charge in [-0.3, -0.25) is 0 Å². The summed E-state index contributed by atoms with van der Waals surface area (Å²) in [7, 11) is 5.89. The molecule has 0 fully saturated rings. The minimum atomic E-state index is 0.830. The van der Waals surface area contributed by atoms with Gasteiger partial charge in [0.2, 0.25) is 0 Å². The lowest BCUT2D eigenvalue weighted by Crippen LogP contribution is -2.05. The smallest absolute Gasteiger partial charge is 0.0890 e. The van der Waals surface area contributed by atoms with Gasteiger partial charge in [-0.05, 0) is 18.1 Å². The van der Waals surface area contributed by atoms with E-state index in [-0.39, 0.29) is 0 Å². The quantitative estimate of drug-likeness (QED) is 0.588. The van der Waals surface area contributed by atoms with Crippen molar-refractivity contribution in [2.45, 2.75) is 6.92 Å². The molecule has 2 radical (unpaired) electrons. The van der Waals surface area contributed by atoms with Gasteiger partial charge in [0.1, 0.15) is 7.85 Å². The lowest BCUT2D eigenvalue weighted by molar-refractivity contribution is 1.47. The molecule has 0 amide bonds. The molecule has 14 heavy (non-hydrogen) atoms. The summed E-state index contributed by atoms with van der Waals surface area (Å²) in [5.74, 6) is 0. The van der Waals surface area contributed by atoms with E-state index in [1.165, 1.54) is 11.1 Å². The number of aryl methyl sites for hydroxylation is 1. The highest BCUT2D eigenvalue weighted by atomic mass is 14.0. The van der Waals surface area contributed by atoms with Crippen LogP contribution >= 0.6 is 0 Å². The molecule has 0 aliphatic rings. The van der Waals surface area contributed by atoms with Crippen LogP contribution in [-0.4, -0.2) is 7.85 Å². The molecule has 0 aliphatic carbocycles. The van der Waals surface area contributed by atoms with Crippen molar-refractivity contribution < 1.29 is 0 Å². The summed E-state index contributed by atoms with van der Waals surface area (Å²) in [6.45, 7) is 2.08. The van der Waals surface area contributed by atoms with Crippen LogP contribution < -0.4 is 5.46 Å². The summed E-state index contributed by atoms with van der Waals surface area (Å²) in [6.07, 6.45) is 0. The van der Waals surface area contributed by atoms with E-state index < -0.39 is 0 Å². The zero-order valence-corrected chi connectivity index (χ0v) is 8.20. The molecule has 0 saturated carbocycles. The summed E-state index contributed by atoms with van der Waals surface area (Å²) in [5.41, 5.74) is 4.38. The molecule has 0 heterocycles. The highest BCUT2D eigenvalue weighted by Gasteiger charge is 1.98. The Morgan fingerprint density at radius 3 is 2.14 bits per heavy atom. The minimum absolute atomic E-state index is 0.830. The second-order valence-electron chi connectivity index (χ2n) is 3.45. The van der Waals surface area contributed by atoms with Gasteiger partial charge >= 0.3 is 0 Å². The van der Waals surface area contributed by atoms with Crippen molar-refractivity contribution in [2.75, 3.05) is 0 Å². The van der Waals surface area contributed by atoms with E-state index in [0.29, 0.717) is 0 Å². The van der Waals surface area contributed by atoms with Crippen LogP contribution in [0.25, 0.3) is 11.1 Å². The summed E-state index contributed by atoms with van der Waals surface area (Å²) in [6, 6.07) is 16.3. The predicted octanol–water partition coefficient (Wildman–Crippen LogP) is 2.46. The summed E-state index contributed by atoms with van der Waals surface area (Å²) < 4.78 is 0. The van der Waals surface area contributed by atoms with Crippen LogP contribution in [0.4, 0.5) is 0 Å². The molecule has 2 aromatic rings. The minimum Gasteiger partial charge on any atom is -0.0890 e. The highest BCUT2D eigenvalue weighted by Crippen LogP contribution is 2.16. The Balaban J connectivity index is 2.50. The fraction of sp³-hybridized carbons (Fsp3) is 0.0769. The largest absolute Gasteiger partial charge is 0.114 e. The number of hydrogen-bond donors (Lipinski definition) is 0. The summed E-state index contributed by atoms with van der Waals surface area (Å²) >= 11 is 0. The molecule has 2 rings (SSSR count). The Kier molecular flexibility index (Phi) is 2.40. The van der Waals surface area contributed by atoms with Crippen molar-refractivity contribution in [3.05, 3.63) is 54.1 Å². The average molecular weight is 178 g/mol. The van der Waals surface area contributed by atoms with Gasteiger partial charge in [0.25, 0.3) is 0 Å². The van der Waals surface area contributed by atoms with Crippen LogP contribution in [0.3, 0.4) is 0 Å². The molecule has 0 saturated heterocycles. The van der Waals surface area contributed by atoms with E-state index in [1.807, 2.05) is 24.3 Å².